The van der Waals surface area contributed by atoms with E-state index in [-0.39, 0.29) is 28.8 Å². The van der Waals surface area contributed by atoms with Crippen molar-refractivity contribution in [2.24, 2.45) is 0 Å². The summed E-state index contributed by atoms with van der Waals surface area (Å²) in [7, 11) is 1.47. The number of carbonyl (C=O) groups is 3. The van der Waals surface area contributed by atoms with E-state index in [1.165, 1.54) is 38.3 Å². The third-order valence-corrected chi connectivity index (χ3v) is 5.73. The number of hydrogen-bond acceptors (Lipinski definition) is 6. The number of hydrogen-bond donors (Lipinski definition) is 1. The second-order valence-electron chi connectivity index (χ2n) is 7.86. The highest BCUT2D eigenvalue weighted by Gasteiger charge is 2.35. The number of carbonyl (C=O) groups excluding carboxylic acids is 3. The van der Waals surface area contributed by atoms with Crippen molar-refractivity contribution in [1.29, 1.82) is 0 Å². The highest BCUT2D eigenvalue weighted by molar-refractivity contribution is 7.80. The molecule has 2 amide bonds. The molecule has 0 saturated carbocycles. The van der Waals surface area contributed by atoms with Crippen molar-refractivity contribution in [1.82, 2.24) is 5.32 Å². The Morgan fingerprint density at radius 1 is 1.06 bits per heavy atom. The van der Waals surface area contributed by atoms with Crippen LogP contribution >= 0.6 is 12.2 Å². The molecule has 3 aromatic carbocycles. The Labute approximate surface area is 212 Å². The fourth-order valence-electron chi connectivity index (χ4n) is 3.57. The van der Waals surface area contributed by atoms with Crippen LogP contribution in [0.15, 0.2) is 72.3 Å². The normalized spacial score (nSPS) is 14.6. The zero-order valence-electron chi connectivity index (χ0n) is 19.4. The zero-order valence-corrected chi connectivity index (χ0v) is 20.2. The van der Waals surface area contributed by atoms with Crippen LogP contribution in [0.4, 0.5) is 10.1 Å². The number of Topliss-reactive ketones (excluding diaryl/α,β-unsaturated/α-hetero) is 1. The predicted octanol–water partition coefficient (Wildman–Crippen LogP) is 4.45. The average Bonchev–Trinajstić information content (AvgIpc) is 2.86. The van der Waals surface area contributed by atoms with Gasteiger partial charge in [-0.15, -0.1) is 0 Å². The number of thiocarbonyl (C=S) groups is 1. The van der Waals surface area contributed by atoms with E-state index in [9.17, 15) is 18.8 Å². The Bertz CT molecular complexity index is 1400. The third kappa shape index (κ3) is 5.16. The number of halogens is 1. The molecule has 0 spiro atoms. The second kappa shape index (κ2) is 10.5. The van der Waals surface area contributed by atoms with Gasteiger partial charge in [0.1, 0.15) is 18.0 Å². The summed E-state index contributed by atoms with van der Waals surface area (Å²) >= 11 is 5.11. The number of methoxy groups -OCH3 is 1. The molecule has 1 fully saturated rings. The summed E-state index contributed by atoms with van der Waals surface area (Å²) in [5.74, 6) is -1.27. The fraction of sp³-hybridized carbons (Fsp3) is 0.111. The van der Waals surface area contributed by atoms with Crippen molar-refractivity contribution in [2.75, 3.05) is 12.0 Å². The van der Waals surface area contributed by atoms with Crippen LogP contribution in [0.3, 0.4) is 0 Å². The molecule has 1 heterocycles. The molecular formula is C27H21FN2O5S. The van der Waals surface area contributed by atoms with E-state index in [2.05, 4.69) is 5.32 Å². The standard InChI is InChI=1S/C27H21FN2O5S/c1-16(31)19-10-7-17(8-11-19)15-35-23-12-9-18(14-24(23)34-2)13-20-25(32)29-27(36)30(26(20)33)22-6-4-3-5-21(22)28/h3-14H,15H2,1-2H3,(H,29,32,36)/b20-13-. The molecule has 1 aliphatic heterocycles. The van der Waals surface area contributed by atoms with Gasteiger partial charge in [0.25, 0.3) is 11.8 Å². The molecule has 4 rings (SSSR count). The second-order valence-corrected chi connectivity index (χ2v) is 8.25. The van der Waals surface area contributed by atoms with E-state index in [4.69, 9.17) is 21.7 Å². The molecule has 9 heteroatoms. The van der Waals surface area contributed by atoms with Gasteiger partial charge in [0.05, 0.1) is 12.8 Å². The number of ether oxygens (including phenoxy) is 2. The molecule has 0 radical (unpaired) electrons. The van der Waals surface area contributed by atoms with Gasteiger partial charge in [0.2, 0.25) is 0 Å². The highest BCUT2D eigenvalue weighted by Crippen LogP contribution is 2.31. The minimum Gasteiger partial charge on any atom is -0.493 e. The van der Waals surface area contributed by atoms with Gasteiger partial charge in [0.15, 0.2) is 22.4 Å². The quantitative estimate of drug-likeness (QED) is 0.222. The van der Waals surface area contributed by atoms with Crippen LogP contribution < -0.4 is 19.7 Å². The van der Waals surface area contributed by atoms with Gasteiger partial charge in [-0.3, -0.25) is 19.7 Å². The van der Waals surface area contributed by atoms with Crippen LogP contribution in [0.2, 0.25) is 0 Å². The number of nitrogens with one attached hydrogen (secondary N) is 1. The van der Waals surface area contributed by atoms with Crippen LogP contribution in [0.1, 0.15) is 28.4 Å². The molecule has 7 nitrogen and oxygen atoms in total. The monoisotopic (exact) mass is 504 g/mol. The maximum Gasteiger partial charge on any atom is 0.270 e. The van der Waals surface area contributed by atoms with E-state index in [1.807, 2.05) is 0 Å². The largest absolute Gasteiger partial charge is 0.493 e. The lowest BCUT2D eigenvalue weighted by Crippen LogP contribution is -2.54. The number of nitrogens with zero attached hydrogens (tertiary/aromatic N) is 1. The molecule has 182 valence electrons. The van der Waals surface area contributed by atoms with Gasteiger partial charge in [-0.25, -0.2) is 9.29 Å². The first-order valence-electron chi connectivity index (χ1n) is 10.8. The van der Waals surface area contributed by atoms with Crippen molar-refractivity contribution in [3.8, 4) is 11.5 Å². The van der Waals surface area contributed by atoms with Crippen LogP contribution in [0.5, 0.6) is 11.5 Å². The maximum absolute atomic E-state index is 14.3. The molecule has 36 heavy (non-hydrogen) atoms. The molecule has 3 aromatic rings. The smallest absolute Gasteiger partial charge is 0.270 e. The molecule has 1 N–H and O–H groups in total. The summed E-state index contributed by atoms with van der Waals surface area (Å²) in [6.07, 6.45) is 1.38. The minimum atomic E-state index is -0.748. The van der Waals surface area contributed by atoms with Gasteiger partial charge in [-0.05, 0) is 60.6 Å². The summed E-state index contributed by atoms with van der Waals surface area (Å²) in [6, 6.07) is 17.7. The molecule has 1 aliphatic rings. The summed E-state index contributed by atoms with van der Waals surface area (Å²) in [5.41, 5.74) is 1.69. The Morgan fingerprint density at radius 3 is 2.44 bits per heavy atom. The lowest BCUT2D eigenvalue weighted by atomic mass is 10.1. The Morgan fingerprint density at radius 2 is 1.78 bits per heavy atom. The Hall–Kier alpha value is -4.37. The first-order chi connectivity index (χ1) is 17.3. The first kappa shape index (κ1) is 24.7. The summed E-state index contributed by atoms with van der Waals surface area (Å²) < 4.78 is 25.6. The molecule has 1 saturated heterocycles. The van der Waals surface area contributed by atoms with Gasteiger partial charge in [-0.1, -0.05) is 42.5 Å². The van der Waals surface area contributed by atoms with Crippen LogP contribution in [0.25, 0.3) is 6.08 Å². The van der Waals surface area contributed by atoms with Crippen molar-refractivity contribution in [3.63, 3.8) is 0 Å². The maximum atomic E-state index is 14.3. The average molecular weight is 505 g/mol. The predicted molar refractivity (Wildman–Crippen MR) is 136 cm³/mol. The number of benzene rings is 3. The highest BCUT2D eigenvalue weighted by atomic mass is 32.1. The van der Waals surface area contributed by atoms with Crippen molar-refractivity contribution < 1.29 is 28.2 Å². The summed E-state index contributed by atoms with van der Waals surface area (Å²) in [6.45, 7) is 1.74. The van der Waals surface area contributed by atoms with E-state index in [0.29, 0.717) is 22.6 Å². The van der Waals surface area contributed by atoms with Gasteiger partial charge < -0.3 is 9.47 Å². The van der Waals surface area contributed by atoms with Crippen molar-refractivity contribution in [3.05, 3.63) is 94.8 Å². The van der Waals surface area contributed by atoms with Crippen LogP contribution in [0, 0.1) is 5.82 Å². The third-order valence-electron chi connectivity index (χ3n) is 5.45. The summed E-state index contributed by atoms with van der Waals surface area (Å²) in [4.78, 5) is 38.0. The lowest BCUT2D eigenvalue weighted by Gasteiger charge is -2.29. The van der Waals surface area contributed by atoms with E-state index < -0.39 is 17.6 Å². The first-order valence-corrected chi connectivity index (χ1v) is 11.3. The van der Waals surface area contributed by atoms with E-state index >= 15 is 0 Å². The molecule has 0 bridgehead atoms. The van der Waals surface area contributed by atoms with Gasteiger partial charge >= 0.3 is 0 Å². The van der Waals surface area contributed by atoms with E-state index in [0.717, 1.165) is 10.5 Å². The minimum absolute atomic E-state index is 0.0159. The number of rotatable bonds is 7. The van der Waals surface area contributed by atoms with Crippen LogP contribution in [-0.2, 0) is 16.2 Å². The number of ketones is 1. The molecular weight excluding hydrogens is 483 g/mol. The fourth-order valence-corrected chi connectivity index (χ4v) is 3.84. The zero-order chi connectivity index (χ0) is 25.8. The van der Waals surface area contributed by atoms with Crippen molar-refractivity contribution >= 4 is 46.7 Å². The summed E-state index contributed by atoms with van der Waals surface area (Å²) in [5, 5.41) is 2.23. The molecule has 0 aliphatic carbocycles. The van der Waals surface area contributed by atoms with Gasteiger partial charge in [0, 0.05) is 5.56 Å². The van der Waals surface area contributed by atoms with Crippen LogP contribution in [-0.4, -0.2) is 29.8 Å². The van der Waals surface area contributed by atoms with E-state index in [1.54, 1.807) is 48.5 Å². The Balaban J connectivity index is 1.57. The van der Waals surface area contributed by atoms with Crippen molar-refractivity contribution in [2.45, 2.75) is 13.5 Å². The topological polar surface area (TPSA) is 84.9 Å². The molecule has 0 aromatic heterocycles. The lowest BCUT2D eigenvalue weighted by molar-refractivity contribution is -0.122. The molecule has 0 atom stereocenters. The number of anilines is 1. The number of amides is 2. The Kier molecular flexibility index (Phi) is 7.21. The molecule has 0 unspecified atom stereocenters. The SMILES string of the molecule is COc1cc(/C=C2/C(=O)NC(=S)N(c3ccccc3F)C2=O)ccc1OCc1ccc(C(C)=O)cc1. The number of para-hydroxylation sites is 1. The van der Waals surface area contributed by atoms with Gasteiger partial charge in [-0.2, -0.15) is 0 Å².